The maximum atomic E-state index is 10.7. The van der Waals surface area contributed by atoms with Gasteiger partial charge in [0, 0.05) is 0 Å². The Labute approximate surface area is 95.7 Å². The standard InChI is InChI=1S/C13H18O3/c1-8-5-9(2)12(10(3)6-8)13(4,16)7-11(14)15/h5-6,16H,7H2,1-4H3,(H,14,15). The number of benzene rings is 1. The van der Waals surface area contributed by atoms with Gasteiger partial charge in [0.2, 0.25) is 0 Å². The first-order valence-corrected chi connectivity index (χ1v) is 5.26. The normalized spacial score (nSPS) is 14.6. The van der Waals surface area contributed by atoms with Gasteiger partial charge in [0.1, 0.15) is 0 Å². The Morgan fingerprint density at radius 3 is 2.06 bits per heavy atom. The Bertz CT molecular complexity index is 396. The van der Waals surface area contributed by atoms with Crippen molar-refractivity contribution in [2.24, 2.45) is 0 Å². The zero-order valence-electron chi connectivity index (χ0n) is 10.2. The molecule has 0 bridgehead atoms. The van der Waals surface area contributed by atoms with E-state index < -0.39 is 11.6 Å². The van der Waals surface area contributed by atoms with Crippen molar-refractivity contribution in [1.82, 2.24) is 0 Å². The van der Waals surface area contributed by atoms with Crippen molar-refractivity contribution in [1.29, 1.82) is 0 Å². The van der Waals surface area contributed by atoms with Crippen LogP contribution in [0.4, 0.5) is 0 Å². The molecule has 1 atom stereocenters. The molecule has 0 aromatic heterocycles. The maximum absolute atomic E-state index is 10.7. The third kappa shape index (κ3) is 2.61. The van der Waals surface area contributed by atoms with Crippen LogP contribution in [0.1, 0.15) is 35.6 Å². The van der Waals surface area contributed by atoms with E-state index in [2.05, 4.69) is 0 Å². The highest BCUT2D eigenvalue weighted by atomic mass is 16.4. The molecule has 0 aliphatic rings. The average Bonchev–Trinajstić information content (AvgIpc) is 1.96. The van der Waals surface area contributed by atoms with Crippen LogP contribution >= 0.6 is 0 Å². The summed E-state index contributed by atoms with van der Waals surface area (Å²) in [6.45, 7) is 7.32. The first kappa shape index (κ1) is 12.7. The van der Waals surface area contributed by atoms with E-state index in [-0.39, 0.29) is 6.42 Å². The highest BCUT2D eigenvalue weighted by Gasteiger charge is 2.29. The molecule has 0 amide bonds. The molecular formula is C13H18O3. The van der Waals surface area contributed by atoms with Crippen LogP contribution in [-0.2, 0) is 10.4 Å². The van der Waals surface area contributed by atoms with Crippen molar-refractivity contribution in [3.05, 3.63) is 34.4 Å². The van der Waals surface area contributed by atoms with Crippen molar-refractivity contribution in [3.8, 4) is 0 Å². The van der Waals surface area contributed by atoms with Crippen LogP contribution in [0.3, 0.4) is 0 Å². The molecular weight excluding hydrogens is 204 g/mol. The summed E-state index contributed by atoms with van der Waals surface area (Å²) in [4.78, 5) is 10.7. The van der Waals surface area contributed by atoms with Crippen LogP contribution in [0.5, 0.6) is 0 Å². The van der Waals surface area contributed by atoms with Crippen LogP contribution in [0.2, 0.25) is 0 Å². The van der Waals surface area contributed by atoms with Gasteiger partial charge in [-0.2, -0.15) is 0 Å². The minimum Gasteiger partial charge on any atom is -0.481 e. The number of aliphatic hydroxyl groups is 1. The van der Waals surface area contributed by atoms with Gasteiger partial charge in [-0.25, -0.2) is 0 Å². The second-order valence-electron chi connectivity index (χ2n) is 4.62. The smallest absolute Gasteiger partial charge is 0.306 e. The Morgan fingerprint density at radius 2 is 1.69 bits per heavy atom. The molecule has 16 heavy (non-hydrogen) atoms. The summed E-state index contributed by atoms with van der Waals surface area (Å²) in [6.07, 6.45) is -0.280. The molecule has 3 heteroatoms. The van der Waals surface area contributed by atoms with Gasteiger partial charge < -0.3 is 10.2 Å². The van der Waals surface area contributed by atoms with E-state index in [1.54, 1.807) is 6.92 Å². The topological polar surface area (TPSA) is 57.5 Å². The minimum atomic E-state index is -1.31. The summed E-state index contributed by atoms with van der Waals surface area (Å²) in [5.74, 6) is -0.996. The third-order valence-corrected chi connectivity index (χ3v) is 2.71. The average molecular weight is 222 g/mol. The second-order valence-corrected chi connectivity index (χ2v) is 4.62. The van der Waals surface area contributed by atoms with E-state index in [0.717, 1.165) is 22.3 Å². The molecule has 0 heterocycles. The minimum absolute atomic E-state index is 0.280. The lowest BCUT2D eigenvalue weighted by molar-refractivity contribution is -0.142. The van der Waals surface area contributed by atoms with Gasteiger partial charge >= 0.3 is 5.97 Å². The number of carbonyl (C=O) groups is 1. The van der Waals surface area contributed by atoms with Gasteiger partial charge in [0.15, 0.2) is 0 Å². The largest absolute Gasteiger partial charge is 0.481 e. The number of hydrogen-bond acceptors (Lipinski definition) is 2. The number of aryl methyl sites for hydroxylation is 3. The van der Waals surface area contributed by atoms with E-state index in [9.17, 15) is 9.90 Å². The fraction of sp³-hybridized carbons (Fsp3) is 0.462. The van der Waals surface area contributed by atoms with Crippen LogP contribution in [0.25, 0.3) is 0 Å². The lowest BCUT2D eigenvalue weighted by atomic mass is 9.85. The molecule has 88 valence electrons. The second kappa shape index (κ2) is 4.26. The molecule has 0 saturated carbocycles. The summed E-state index contributed by atoms with van der Waals surface area (Å²) in [6, 6.07) is 3.91. The quantitative estimate of drug-likeness (QED) is 0.825. The van der Waals surface area contributed by atoms with Crippen LogP contribution in [0, 0.1) is 20.8 Å². The van der Waals surface area contributed by atoms with Crippen LogP contribution < -0.4 is 0 Å². The van der Waals surface area contributed by atoms with Crippen LogP contribution in [-0.4, -0.2) is 16.2 Å². The number of hydrogen-bond donors (Lipinski definition) is 2. The van der Waals surface area contributed by atoms with Gasteiger partial charge in [0.25, 0.3) is 0 Å². The number of carboxylic acid groups (broad SMARTS) is 1. The monoisotopic (exact) mass is 222 g/mol. The highest BCUT2D eigenvalue weighted by molar-refractivity contribution is 5.69. The van der Waals surface area contributed by atoms with Gasteiger partial charge in [-0.1, -0.05) is 17.7 Å². The van der Waals surface area contributed by atoms with Gasteiger partial charge in [-0.15, -0.1) is 0 Å². The first-order chi connectivity index (χ1) is 7.24. The molecule has 1 rings (SSSR count). The first-order valence-electron chi connectivity index (χ1n) is 5.26. The van der Waals surface area contributed by atoms with Crippen LogP contribution in [0.15, 0.2) is 12.1 Å². The molecule has 1 unspecified atom stereocenters. The molecule has 0 aliphatic carbocycles. The molecule has 0 fully saturated rings. The zero-order chi connectivity index (χ0) is 12.5. The van der Waals surface area contributed by atoms with Gasteiger partial charge in [-0.3, -0.25) is 4.79 Å². The maximum Gasteiger partial charge on any atom is 0.306 e. The molecule has 0 radical (unpaired) electrons. The summed E-state index contributed by atoms with van der Waals surface area (Å²) in [5, 5.41) is 19.0. The van der Waals surface area contributed by atoms with Crippen molar-refractivity contribution in [2.75, 3.05) is 0 Å². The van der Waals surface area contributed by atoms with Crippen molar-refractivity contribution >= 4 is 5.97 Å². The van der Waals surface area contributed by atoms with E-state index in [1.165, 1.54) is 0 Å². The van der Waals surface area contributed by atoms with Crippen molar-refractivity contribution < 1.29 is 15.0 Å². The Kier molecular flexibility index (Phi) is 3.38. The molecule has 0 aliphatic heterocycles. The summed E-state index contributed by atoms with van der Waals surface area (Å²) >= 11 is 0. The molecule has 1 aromatic carbocycles. The lowest BCUT2D eigenvalue weighted by Gasteiger charge is -2.26. The molecule has 0 spiro atoms. The zero-order valence-corrected chi connectivity index (χ0v) is 10.2. The van der Waals surface area contributed by atoms with Gasteiger partial charge in [0.05, 0.1) is 12.0 Å². The summed E-state index contributed by atoms with van der Waals surface area (Å²) in [7, 11) is 0. The van der Waals surface area contributed by atoms with Crippen molar-refractivity contribution in [2.45, 2.75) is 39.7 Å². The predicted molar refractivity (Wildman–Crippen MR) is 62.5 cm³/mol. The van der Waals surface area contributed by atoms with E-state index in [0.29, 0.717) is 0 Å². The molecule has 0 saturated heterocycles. The lowest BCUT2D eigenvalue weighted by Crippen LogP contribution is -2.27. The fourth-order valence-electron chi connectivity index (χ4n) is 2.41. The van der Waals surface area contributed by atoms with Crippen molar-refractivity contribution in [3.63, 3.8) is 0 Å². The van der Waals surface area contributed by atoms with E-state index in [1.807, 2.05) is 32.9 Å². The molecule has 3 nitrogen and oxygen atoms in total. The van der Waals surface area contributed by atoms with Gasteiger partial charge in [-0.05, 0) is 44.4 Å². The Morgan fingerprint density at radius 1 is 1.25 bits per heavy atom. The van der Waals surface area contributed by atoms with E-state index in [4.69, 9.17) is 5.11 Å². The van der Waals surface area contributed by atoms with E-state index >= 15 is 0 Å². The third-order valence-electron chi connectivity index (χ3n) is 2.71. The SMILES string of the molecule is Cc1cc(C)c(C(C)(O)CC(=O)O)c(C)c1. The molecule has 2 N–H and O–H groups in total. The fourth-order valence-corrected chi connectivity index (χ4v) is 2.41. The summed E-state index contributed by atoms with van der Waals surface area (Å²) in [5.41, 5.74) is 2.39. The Balaban J connectivity index is 3.27. The Hall–Kier alpha value is -1.35. The predicted octanol–water partition coefficient (Wildman–Crippen LogP) is 2.29. The number of aliphatic carboxylic acids is 1. The molecule has 1 aromatic rings. The highest BCUT2D eigenvalue weighted by Crippen LogP contribution is 2.31. The number of carboxylic acids is 1. The summed E-state index contributed by atoms with van der Waals surface area (Å²) < 4.78 is 0. The number of rotatable bonds is 3.